The van der Waals surface area contributed by atoms with E-state index in [0.29, 0.717) is 37.5 Å². The number of rotatable bonds is 4. The fourth-order valence-electron chi connectivity index (χ4n) is 2.53. The number of nitrogens with zero attached hydrogens (tertiary/aromatic N) is 2. The Morgan fingerprint density at radius 3 is 2.59 bits per heavy atom. The monoisotopic (exact) mass is 309 g/mol. The van der Waals surface area contributed by atoms with Crippen molar-refractivity contribution in [1.29, 1.82) is 0 Å². The topological polar surface area (TPSA) is 75.0 Å². The molecule has 0 spiro atoms. The van der Waals surface area contributed by atoms with Gasteiger partial charge >= 0.3 is 12.0 Å². The summed E-state index contributed by atoms with van der Waals surface area (Å²) in [5.74, 6) is 0.931. The summed E-state index contributed by atoms with van der Waals surface area (Å²) in [5, 5.41) is 2.81. The normalized spacial score (nSPS) is 15.7. The molecule has 2 heterocycles. The average Bonchev–Trinajstić information content (AvgIpc) is 2.88. The molecular formula is C15H23N3O4. The fourth-order valence-corrected chi connectivity index (χ4v) is 2.53. The van der Waals surface area contributed by atoms with Gasteiger partial charge in [-0.1, -0.05) is 0 Å². The standard InChI is InChI=1S/C15H23N3O4/c1-4-16-15(20)18-7-5-17(6-8-18)10-12-9-13(11(2)22-12)14(19)21-3/h9H,4-8,10H2,1-3H3,(H,16,20). The predicted octanol–water partition coefficient (Wildman–Crippen LogP) is 1.22. The molecule has 0 radical (unpaired) electrons. The fraction of sp³-hybridized carbons (Fsp3) is 0.600. The van der Waals surface area contributed by atoms with Gasteiger partial charge in [0, 0.05) is 32.7 Å². The minimum Gasteiger partial charge on any atom is -0.465 e. The third-order valence-corrected chi connectivity index (χ3v) is 3.74. The van der Waals surface area contributed by atoms with E-state index in [9.17, 15) is 9.59 Å². The lowest BCUT2D eigenvalue weighted by molar-refractivity contribution is 0.0598. The summed E-state index contributed by atoms with van der Waals surface area (Å²) in [6, 6.07) is 1.72. The molecule has 1 saturated heterocycles. The average molecular weight is 309 g/mol. The Morgan fingerprint density at radius 2 is 2.00 bits per heavy atom. The molecule has 7 nitrogen and oxygen atoms in total. The van der Waals surface area contributed by atoms with Crippen molar-refractivity contribution in [3.63, 3.8) is 0 Å². The van der Waals surface area contributed by atoms with Crippen molar-refractivity contribution >= 4 is 12.0 Å². The van der Waals surface area contributed by atoms with Gasteiger partial charge in [0.25, 0.3) is 0 Å². The van der Waals surface area contributed by atoms with Crippen LogP contribution in [0.3, 0.4) is 0 Å². The van der Waals surface area contributed by atoms with Crippen molar-refractivity contribution in [3.8, 4) is 0 Å². The summed E-state index contributed by atoms with van der Waals surface area (Å²) >= 11 is 0. The van der Waals surface area contributed by atoms with Crippen molar-refractivity contribution < 1.29 is 18.7 Å². The van der Waals surface area contributed by atoms with Crippen LogP contribution < -0.4 is 5.32 Å². The third-order valence-electron chi connectivity index (χ3n) is 3.74. The van der Waals surface area contributed by atoms with E-state index in [-0.39, 0.29) is 12.0 Å². The lowest BCUT2D eigenvalue weighted by Gasteiger charge is -2.34. The molecule has 0 saturated carbocycles. The smallest absolute Gasteiger partial charge is 0.341 e. The van der Waals surface area contributed by atoms with E-state index in [1.165, 1.54) is 7.11 Å². The quantitative estimate of drug-likeness (QED) is 0.847. The second-order valence-electron chi connectivity index (χ2n) is 5.27. The molecule has 0 bridgehead atoms. The number of amides is 2. The van der Waals surface area contributed by atoms with E-state index in [2.05, 4.69) is 10.2 Å². The first-order chi connectivity index (χ1) is 10.5. The summed E-state index contributed by atoms with van der Waals surface area (Å²) in [4.78, 5) is 27.3. The Labute approximate surface area is 130 Å². The van der Waals surface area contributed by atoms with Crippen molar-refractivity contribution in [2.24, 2.45) is 0 Å². The summed E-state index contributed by atoms with van der Waals surface area (Å²) in [6.45, 7) is 7.87. The summed E-state index contributed by atoms with van der Waals surface area (Å²) in [6.07, 6.45) is 0. The second kappa shape index (κ2) is 7.31. The maximum atomic E-state index is 11.7. The second-order valence-corrected chi connectivity index (χ2v) is 5.27. The number of methoxy groups -OCH3 is 1. The minimum absolute atomic E-state index is 0.0102. The molecule has 1 aromatic heterocycles. The lowest BCUT2D eigenvalue weighted by Crippen LogP contribution is -2.51. The molecule has 0 aliphatic carbocycles. The molecule has 1 aliphatic rings. The zero-order valence-corrected chi connectivity index (χ0v) is 13.3. The first kappa shape index (κ1) is 16.4. The van der Waals surface area contributed by atoms with Crippen LogP contribution in [0.5, 0.6) is 0 Å². The first-order valence-electron chi connectivity index (χ1n) is 7.48. The Hall–Kier alpha value is -2.02. The van der Waals surface area contributed by atoms with Crippen LogP contribution in [-0.4, -0.2) is 61.6 Å². The van der Waals surface area contributed by atoms with Crippen LogP contribution in [0.1, 0.15) is 28.8 Å². The SMILES string of the molecule is CCNC(=O)N1CCN(Cc2cc(C(=O)OC)c(C)o2)CC1. The van der Waals surface area contributed by atoms with Gasteiger partial charge in [0.2, 0.25) is 0 Å². The van der Waals surface area contributed by atoms with Crippen molar-refractivity contribution in [2.75, 3.05) is 39.8 Å². The van der Waals surface area contributed by atoms with Gasteiger partial charge in [-0.25, -0.2) is 9.59 Å². The summed E-state index contributed by atoms with van der Waals surface area (Å²) in [5.41, 5.74) is 0.471. The molecule has 7 heteroatoms. The van der Waals surface area contributed by atoms with Crippen LogP contribution in [0.15, 0.2) is 10.5 Å². The Kier molecular flexibility index (Phi) is 5.43. The molecule has 2 amide bonds. The highest BCUT2D eigenvalue weighted by molar-refractivity contribution is 5.90. The largest absolute Gasteiger partial charge is 0.465 e. The zero-order valence-electron chi connectivity index (χ0n) is 13.3. The van der Waals surface area contributed by atoms with E-state index in [1.807, 2.05) is 11.8 Å². The number of nitrogens with one attached hydrogen (secondary N) is 1. The van der Waals surface area contributed by atoms with Crippen LogP contribution >= 0.6 is 0 Å². The highest BCUT2D eigenvalue weighted by Crippen LogP contribution is 2.18. The number of carbonyl (C=O) groups is 2. The number of hydrogen-bond donors (Lipinski definition) is 1. The number of urea groups is 1. The molecule has 0 aromatic carbocycles. The van der Waals surface area contributed by atoms with E-state index in [0.717, 1.165) is 18.8 Å². The van der Waals surface area contributed by atoms with E-state index in [4.69, 9.17) is 9.15 Å². The van der Waals surface area contributed by atoms with Gasteiger partial charge in [0.05, 0.1) is 13.7 Å². The predicted molar refractivity (Wildman–Crippen MR) is 80.7 cm³/mol. The summed E-state index contributed by atoms with van der Waals surface area (Å²) in [7, 11) is 1.36. The van der Waals surface area contributed by atoms with Crippen LogP contribution in [0.25, 0.3) is 0 Å². The van der Waals surface area contributed by atoms with Gasteiger partial charge < -0.3 is 19.4 Å². The molecule has 22 heavy (non-hydrogen) atoms. The van der Waals surface area contributed by atoms with Crippen molar-refractivity contribution in [3.05, 3.63) is 23.2 Å². The van der Waals surface area contributed by atoms with Gasteiger partial charge in [0.15, 0.2) is 0 Å². The molecule has 122 valence electrons. The van der Waals surface area contributed by atoms with Crippen LogP contribution in [-0.2, 0) is 11.3 Å². The van der Waals surface area contributed by atoms with Crippen LogP contribution in [0.4, 0.5) is 4.79 Å². The molecule has 1 N–H and O–H groups in total. The minimum atomic E-state index is -0.381. The number of esters is 1. The van der Waals surface area contributed by atoms with Crippen LogP contribution in [0, 0.1) is 6.92 Å². The maximum Gasteiger partial charge on any atom is 0.341 e. The zero-order chi connectivity index (χ0) is 16.1. The molecule has 0 unspecified atom stereocenters. The maximum absolute atomic E-state index is 11.7. The van der Waals surface area contributed by atoms with Gasteiger partial charge in [-0.05, 0) is 19.9 Å². The number of ether oxygens (including phenoxy) is 1. The lowest BCUT2D eigenvalue weighted by atomic mass is 10.2. The van der Waals surface area contributed by atoms with Gasteiger partial charge in [-0.3, -0.25) is 4.90 Å². The van der Waals surface area contributed by atoms with E-state index < -0.39 is 0 Å². The number of carbonyl (C=O) groups excluding carboxylic acids is 2. The van der Waals surface area contributed by atoms with E-state index in [1.54, 1.807) is 13.0 Å². The molecule has 2 rings (SSSR count). The highest BCUT2D eigenvalue weighted by Gasteiger charge is 2.22. The number of aryl methyl sites for hydroxylation is 1. The van der Waals surface area contributed by atoms with Gasteiger partial charge in [-0.2, -0.15) is 0 Å². The van der Waals surface area contributed by atoms with Crippen molar-refractivity contribution in [1.82, 2.24) is 15.1 Å². The van der Waals surface area contributed by atoms with E-state index >= 15 is 0 Å². The molecule has 1 fully saturated rings. The number of hydrogen-bond acceptors (Lipinski definition) is 5. The summed E-state index contributed by atoms with van der Waals surface area (Å²) < 4.78 is 10.3. The third kappa shape index (κ3) is 3.79. The molecular weight excluding hydrogens is 286 g/mol. The number of furan rings is 1. The highest BCUT2D eigenvalue weighted by atomic mass is 16.5. The van der Waals surface area contributed by atoms with Gasteiger partial charge in [0.1, 0.15) is 17.1 Å². The van der Waals surface area contributed by atoms with Crippen molar-refractivity contribution in [2.45, 2.75) is 20.4 Å². The Balaban J connectivity index is 1.88. The van der Waals surface area contributed by atoms with Gasteiger partial charge in [-0.15, -0.1) is 0 Å². The first-order valence-corrected chi connectivity index (χ1v) is 7.48. The Morgan fingerprint density at radius 1 is 1.32 bits per heavy atom. The molecule has 1 aliphatic heterocycles. The van der Waals surface area contributed by atoms with Crippen LogP contribution in [0.2, 0.25) is 0 Å². The molecule has 0 atom stereocenters. The Bertz CT molecular complexity index is 533. The number of piperazine rings is 1. The molecule has 1 aromatic rings.